The summed E-state index contributed by atoms with van der Waals surface area (Å²) in [5.74, 6) is -0.117. The molecule has 0 fully saturated rings. The van der Waals surface area contributed by atoms with E-state index in [4.69, 9.17) is 13.6 Å². The lowest BCUT2D eigenvalue weighted by Gasteiger charge is -2.28. The third kappa shape index (κ3) is 25.5. The quantitative estimate of drug-likeness (QED) is 0.0737. The smallest absolute Gasteiger partial charge is 0.305 e. The van der Waals surface area contributed by atoms with E-state index in [9.17, 15) is 4.79 Å². The highest BCUT2D eigenvalue weighted by Gasteiger charge is 2.25. The fourth-order valence-electron chi connectivity index (χ4n) is 3.11. The summed E-state index contributed by atoms with van der Waals surface area (Å²) in [7, 11) is -3.34. The molecule has 0 radical (unpaired) electrons. The van der Waals surface area contributed by atoms with Crippen molar-refractivity contribution in [3.8, 4) is 0 Å². The summed E-state index contributed by atoms with van der Waals surface area (Å²) >= 11 is 0. The maximum atomic E-state index is 12.1. The number of hydrogen-bond donors (Lipinski definition) is 0. The molecule has 0 aromatic carbocycles. The second-order valence-electron chi connectivity index (χ2n) is 10.6. The van der Waals surface area contributed by atoms with E-state index in [-0.39, 0.29) is 12.1 Å². The van der Waals surface area contributed by atoms with Gasteiger partial charge in [-0.15, -0.1) is 0 Å². The molecule has 0 rings (SSSR count). The van der Waals surface area contributed by atoms with Crippen LogP contribution < -0.4 is 0 Å². The zero-order chi connectivity index (χ0) is 25.0. The van der Waals surface area contributed by atoms with Crippen LogP contribution in [0, 0.1) is 0 Å². The van der Waals surface area contributed by atoms with E-state index >= 15 is 0 Å². The van der Waals surface area contributed by atoms with Crippen LogP contribution in [-0.2, 0) is 18.4 Å². The van der Waals surface area contributed by atoms with Crippen LogP contribution in [0.5, 0.6) is 0 Å². The van der Waals surface area contributed by atoms with Crippen molar-refractivity contribution >= 4 is 22.6 Å². The highest BCUT2D eigenvalue weighted by Crippen LogP contribution is 2.13. The molecule has 6 heteroatoms. The fourth-order valence-corrected chi connectivity index (χ4v) is 4.93. The Kier molecular flexibility index (Phi) is 18.8. The van der Waals surface area contributed by atoms with E-state index in [0.29, 0.717) is 19.6 Å². The molecule has 0 saturated carbocycles. The summed E-state index contributed by atoms with van der Waals surface area (Å²) in [6.45, 7) is 15.9. The van der Waals surface area contributed by atoms with E-state index in [0.717, 1.165) is 38.5 Å². The van der Waals surface area contributed by atoms with E-state index in [1.165, 1.54) is 19.3 Å². The summed E-state index contributed by atoms with van der Waals surface area (Å²) in [6, 6.07) is 0. The molecule has 0 spiro atoms. The molecule has 0 N–H and O–H groups in total. The molecule has 0 heterocycles. The average Bonchev–Trinajstić information content (AvgIpc) is 2.71. The van der Waals surface area contributed by atoms with Crippen LogP contribution in [0.3, 0.4) is 0 Å². The van der Waals surface area contributed by atoms with Crippen LogP contribution in [0.2, 0.25) is 39.3 Å². The van der Waals surface area contributed by atoms with Gasteiger partial charge < -0.3 is 13.6 Å². The molecule has 0 aliphatic rings. The molecular formula is C27H52O4Si2. The van der Waals surface area contributed by atoms with E-state index < -0.39 is 16.6 Å². The average molecular weight is 497 g/mol. The largest absolute Gasteiger partial charge is 0.463 e. The predicted octanol–water partition coefficient (Wildman–Crippen LogP) is 8.19. The van der Waals surface area contributed by atoms with Crippen molar-refractivity contribution in [3.05, 3.63) is 36.5 Å². The van der Waals surface area contributed by atoms with E-state index in [1.807, 2.05) is 0 Å². The number of allylic oxidation sites excluding steroid dienone is 6. The lowest BCUT2D eigenvalue weighted by Crippen LogP contribution is -2.40. The number of carbonyl (C=O) groups is 1. The van der Waals surface area contributed by atoms with Crippen LogP contribution >= 0.6 is 0 Å². The zero-order valence-corrected chi connectivity index (χ0v) is 24.7. The van der Waals surface area contributed by atoms with Gasteiger partial charge in [-0.25, -0.2) is 0 Å². The number of ether oxygens (including phenoxy) is 1. The fraction of sp³-hybridized carbons (Fsp3) is 0.741. The molecule has 1 atom stereocenters. The first-order chi connectivity index (χ1) is 15.5. The van der Waals surface area contributed by atoms with Gasteiger partial charge in [-0.2, -0.15) is 0 Å². The minimum atomic E-state index is -1.72. The molecule has 0 aromatic heterocycles. The van der Waals surface area contributed by atoms with Crippen molar-refractivity contribution in [3.63, 3.8) is 0 Å². The Morgan fingerprint density at radius 2 is 1.30 bits per heavy atom. The molecule has 1 unspecified atom stereocenters. The standard InChI is InChI=1S/C27H52O4Si2/c1-8-9-10-11-12-13-14-15-16-17-18-19-20-21-22-23-27(28)29-24-26(31-33(5,6)7)25-30-32(2,3)4/h9-10,12-13,15-16,26H,8,11,14,17-25H2,1-7H3/b10-9-,13-12-,16-15-. The molecule has 0 aliphatic carbocycles. The lowest BCUT2D eigenvalue weighted by molar-refractivity contribution is -0.146. The second-order valence-corrected chi connectivity index (χ2v) is 19.5. The molecule has 0 saturated heterocycles. The Morgan fingerprint density at radius 3 is 1.91 bits per heavy atom. The third-order valence-corrected chi connectivity index (χ3v) is 6.76. The summed E-state index contributed by atoms with van der Waals surface area (Å²) in [5.41, 5.74) is 0. The monoisotopic (exact) mass is 496 g/mol. The minimum Gasteiger partial charge on any atom is -0.463 e. The summed E-state index contributed by atoms with van der Waals surface area (Å²) < 4.78 is 17.7. The maximum absolute atomic E-state index is 12.1. The van der Waals surface area contributed by atoms with Gasteiger partial charge in [0.25, 0.3) is 0 Å². The van der Waals surface area contributed by atoms with E-state index in [1.54, 1.807) is 0 Å². The van der Waals surface area contributed by atoms with Gasteiger partial charge in [0.15, 0.2) is 16.6 Å². The first kappa shape index (κ1) is 32.0. The number of esters is 1. The normalized spacial score (nSPS) is 14.0. The van der Waals surface area contributed by atoms with Crippen molar-refractivity contribution in [2.45, 2.75) is 117 Å². The van der Waals surface area contributed by atoms with Crippen molar-refractivity contribution in [1.29, 1.82) is 0 Å². The van der Waals surface area contributed by atoms with Gasteiger partial charge >= 0.3 is 5.97 Å². The summed E-state index contributed by atoms with van der Waals surface area (Å²) in [4.78, 5) is 12.1. The SMILES string of the molecule is CC/C=C\C/C=C\C/C=C\CCCCCCCC(=O)OCC(CO[Si](C)(C)C)O[Si](C)(C)C. The number of unbranched alkanes of at least 4 members (excludes halogenated alkanes) is 5. The molecule has 4 nitrogen and oxygen atoms in total. The topological polar surface area (TPSA) is 44.8 Å². The third-order valence-electron chi connectivity index (χ3n) is 4.68. The molecule has 0 bridgehead atoms. The number of carbonyl (C=O) groups excluding carboxylic acids is 1. The Morgan fingerprint density at radius 1 is 0.727 bits per heavy atom. The van der Waals surface area contributed by atoms with Crippen LogP contribution in [0.4, 0.5) is 0 Å². The molecular weight excluding hydrogens is 444 g/mol. The second kappa shape index (κ2) is 19.4. The van der Waals surface area contributed by atoms with Crippen LogP contribution in [0.25, 0.3) is 0 Å². The molecule has 0 amide bonds. The number of rotatable bonds is 20. The van der Waals surface area contributed by atoms with Crippen molar-refractivity contribution in [2.24, 2.45) is 0 Å². The predicted molar refractivity (Wildman–Crippen MR) is 148 cm³/mol. The Labute approximate surface area is 207 Å². The van der Waals surface area contributed by atoms with Gasteiger partial charge in [-0.1, -0.05) is 62.6 Å². The van der Waals surface area contributed by atoms with Gasteiger partial charge in [-0.3, -0.25) is 4.79 Å². The Balaban J connectivity index is 3.82. The Hall–Kier alpha value is -0.956. The van der Waals surface area contributed by atoms with Crippen LogP contribution in [0.1, 0.15) is 71.1 Å². The first-order valence-electron chi connectivity index (χ1n) is 13.0. The molecule has 192 valence electrons. The molecule has 0 aliphatic heterocycles. The van der Waals surface area contributed by atoms with Gasteiger partial charge in [0, 0.05) is 6.42 Å². The highest BCUT2D eigenvalue weighted by molar-refractivity contribution is 6.70. The molecule has 33 heavy (non-hydrogen) atoms. The minimum absolute atomic E-state index is 0.117. The van der Waals surface area contributed by atoms with Crippen LogP contribution in [-0.4, -0.2) is 41.9 Å². The summed E-state index contributed by atoms with van der Waals surface area (Å²) in [5, 5.41) is 0. The van der Waals surface area contributed by atoms with Crippen molar-refractivity contribution in [2.75, 3.05) is 13.2 Å². The van der Waals surface area contributed by atoms with Crippen molar-refractivity contribution in [1.82, 2.24) is 0 Å². The zero-order valence-electron chi connectivity index (χ0n) is 22.7. The van der Waals surface area contributed by atoms with Crippen molar-refractivity contribution < 1.29 is 18.4 Å². The first-order valence-corrected chi connectivity index (χ1v) is 19.8. The van der Waals surface area contributed by atoms with Gasteiger partial charge in [0.1, 0.15) is 12.7 Å². The Bertz CT molecular complexity index is 572. The van der Waals surface area contributed by atoms with Crippen LogP contribution in [0.15, 0.2) is 36.5 Å². The number of hydrogen-bond acceptors (Lipinski definition) is 4. The van der Waals surface area contributed by atoms with Gasteiger partial charge in [0.2, 0.25) is 0 Å². The summed E-state index contributed by atoms with van der Waals surface area (Å²) in [6.07, 6.45) is 23.7. The highest BCUT2D eigenvalue weighted by atomic mass is 28.4. The van der Waals surface area contributed by atoms with Gasteiger partial charge in [-0.05, 0) is 77.8 Å². The molecule has 0 aromatic rings. The van der Waals surface area contributed by atoms with Gasteiger partial charge in [0.05, 0.1) is 6.61 Å². The lowest BCUT2D eigenvalue weighted by atomic mass is 10.1. The maximum Gasteiger partial charge on any atom is 0.305 e. The van der Waals surface area contributed by atoms with E-state index in [2.05, 4.69) is 82.7 Å².